The molecule has 0 radical (unpaired) electrons. The third-order valence-electron chi connectivity index (χ3n) is 2.61. The van der Waals surface area contributed by atoms with Crippen molar-refractivity contribution in [2.24, 2.45) is 5.92 Å². The summed E-state index contributed by atoms with van der Waals surface area (Å²) in [6, 6.07) is 3.90. The third-order valence-corrected chi connectivity index (χ3v) is 3.52. The van der Waals surface area contributed by atoms with Gasteiger partial charge in [0.1, 0.15) is 0 Å². The maximum absolute atomic E-state index is 11.6. The van der Waals surface area contributed by atoms with Crippen molar-refractivity contribution in [3.63, 3.8) is 0 Å². The minimum Gasteiger partial charge on any atom is -0.338 e. The van der Waals surface area contributed by atoms with E-state index in [4.69, 9.17) is 0 Å². The van der Waals surface area contributed by atoms with Gasteiger partial charge in [-0.2, -0.15) is 0 Å². The molecule has 2 heterocycles. The van der Waals surface area contributed by atoms with E-state index in [1.807, 2.05) is 23.2 Å². The first-order valence-electron chi connectivity index (χ1n) is 5.02. The number of amides is 1. The molecule has 2 rings (SSSR count). The van der Waals surface area contributed by atoms with E-state index in [0.29, 0.717) is 18.9 Å². The highest BCUT2D eigenvalue weighted by Gasteiger charge is 2.28. The number of halogens is 1. The van der Waals surface area contributed by atoms with E-state index < -0.39 is 0 Å². The average Bonchev–Trinajstić information content (AvgIpc) is 2.61. The van der Waals surface area contributed by atoms with Crippen molar-refractivity contribution >= 4 is 21.8 Å². The first kappa shape index (κ1) is 10.6. The Hall–Kier alpha value is -0.900. The normalized spacial score (nSPS) is 21.0. The predicted octanol–water partition coefficient (Wildman–Crippen LogP) is 1.82. The van der Waals surface area contributed by atoms with Gasteiger partial charge in [0.2, 0.25) is 5.91 Å². The van der Waals surface area contributed by atoms with E-state index in [-0.39, 0.29) is 5.91 Å². The Kier molecular flexibility index (Phi) is 3.36. The highest BCUT2D eigenvalue weighted by molar-refractivity contribution is 9.09. The van der Waals surface area contributed by atoms with Gasteiger partial charge < -0.3 is 4.90 Å². The molecule has 1 atom stereocenters. The first-order chi connectivity index (χ1) is 7.29. The lowest BCUT2D eigenvalue weighted by Gasteiger charge is -2.15. The highest BCUT2D eigenvalue weighted by atomic mass is 79.9. The molecule has 1 aromatic heterocycles. The van der Waals surface area contributed by atoms with Crippen molar-refractivity contribution in [2.75, 3.05) is 11.9 Å². The molecule has 0 saturated carbocycles. The van der Waals surface area contributed by atoms with E-state index in [0.717, 1.165) is 17.4 Å². The van der Waals surface area contributed by atoms with Gasteiger partial charge in [0, 0.05) is 37.2 Å². The Morgan fingerprint density at radius 2 is 2.47 bits per heavy atom. The number of likely N-dealkylation sites (tertiary alicyclic amines) is 1. The summed E-state index contributed by atoms with van der Waals surface area (Å²) in [7, 11) is 0. The molecule has 1 saturated heterocycles. The molecular weight excluding hydrogens is 256 g/mol. The number of rotatable bonds is 3. The molecule has 0 bridgehead atoms. The molecule has 1 fully saturated rings. The Morgan fingerprint density at radius 1 is 1.60 bits per heavy atom. The third kappa shape index (κ3) is 2.56. The van der Waals surface area contributed by atoms with E-state index in [1.165, 1.54) is 0 Å². The number of hydrogen-bond acceptors (Lipinski definition) is 2. The lowest BCUT2D eigenvalue weighted by Crippen LogP contribution is -2.24. The molecule has 0 spiro atoms. The zero-order chi connectivity index (χ0) is 10.7. The van der Waals surface area contributed by atoms with E-state index in [2.05, 4.69) is 20.9 Å². The van der Waals surface area contributed by atoms with Crippen LogP contribution < -0.4 is 0 Å². The maximum atomic E-state index is 11.6. The van der Waals surface area contributed by atoms with Crippen molar-refractivity contribution in [3.8, 4) is 0 Å². The molecule has 1 unspecified atom stereocenters. The molecule has 4 heteroatoms. The van der Waals surface area contributed by atoms with Crippen molar-refractivity contribution < 1.29 is 4.79 Å². The second kappa shape index (κ2) is 4.75. The zero-order valence-corrected chi connectivity index (χ0v) is 9.98. The minimum absolute atomic E-state index is 0.253. The molecule has 1 aliphatic rings. The van der Waals surface area contributed by atoms with Gasteiger partial charge in [0.15, 0.2) is 0 Å². The fourth-order valence-corrected chi connectivity index (χ4v) is 2.26. The zero-order valence-electron chi connectivity index (χ0n) is 8.40. The standard InChI is InChI=1S/C11H13BrN2O/c12-5-10-4-11(15)14(8-10)7-9-2-1-3-13-6-9/h1-3,6,10H,4-5,7-8H2. The summed E-state index contributed by atoms with van der Waals surface area (Å²) in [6.07, 6.45) is 4.23. The van der Waals surface area contributed by atoms with Crippen molar-refractivity contribution in [1.29, 1.82) is 0 Å². The van der Waals surface area contributed by atoms with Crippen LogP contribution in [-0.2, 0) is 11.3 Å². The van der Waals surface area contributed by atoms with Crippen LogP contribution >= 0.6 is 15.9 Å². The summed E-state index contributed by atoms with van der Waals surface area (Å²) in [5, 5.41) is 0.905. The molecule has 1 amide bonds. The molecular formula is C11H13BrN2O. The molecule has 15 heavy (non-hydrogen) atoms. The number of pyridine rings is 1. The average molecular weight is 269 g/mol. The Bertz CT molecular complexity index is 342. The van der Waals surface area contributed by atoms with Gasteiger partial charge in [0.05, 0.1) is 0 Å². The quantitative estimate of drug-likeness (QED) is 0.784. The molecule has 0 aromatic carbocycles. The van der Waals surface area contributed by atoms with Crippen molar-refractivity contribution in [1.82, 2.24) is 9.88 Å². The monoisotopic (exact) mass is 268 g/mol. The first-order valence-corrected chi connectivity index (χ1v) is 6.14. The van der Waals surface area contributed by atoms with E-state index >= 15 is 0 Å². The van der Waals surface area contributed by atoms with Crippen LogP contribution in [0.5, 0.6) is 0 Å². The summed E-state index contributed by atoms with van der Waals surface area (Å²) in [4.78, 5) is 17.6. The summed E-state index contributed by atoms with van der Waals surface area (Å²) in [5.41, 5.74) is 1.10. The van der Waals surface area contributed by atoms with Gasteiger partial charge in [0.25, 0.3) is 0 Å². The number of nitrogens with zero attached hydrogens (tertiary/aromatic N) is 2. The number of alkyl halides is 1. The van der Waals surface area contributed by atoms with Crippen LogP contribution in [0.3, 0.4) is 0 Å². The summed E-state index contributed by atoms with van der Waals surface area (Å²) in [6.45, 7) is 1.55. The largest absolute Gasteiger partial charge is 0.338 e. The van der Waals surface area contributed by atoms with E-state index in [1.54, 1.807) is 6.20 Å². The van der Waals surface area contributed by atoms with Crippen LogP contribution in [0.2, 0.25) is 0 Å². The fraction of sp³-hybridized carbons (Fsp3) is 0.455. The maximum Gasteiger partial charge on any atom is 0.223 e. The Labute approximate surface area is 97.6 Å². The number of carbonyl (C=O) groups is 1. The second-order valence-corrected chi connectivity index (χ2v) is 4.51. The molecule has 0 aliphatic carbocycles. The summed E-state index contributed by atoms with van der Waals surface area (Å²) in [5.74, 6) is 0.720. The molecule has 80 valence electrons. The highest BCUT2D eigenvalue weighted by Crippen LogP contribution is 2.21. The molecule has 0 N–H and O–H groups in total. The van der Waals surface area contributed by atoms with Gasteiger partial charge in [-0.3, -0.25) is 9.78 Å². The van der Waals surface area contributed by atoms with E-state index in [9.17, 15) is 4.79 Å². The second-order valence-electron chi connectivity index (χ2n) is 3.86. The van der Waals surface area contributed by atoms with Gasteiger partial charge in [-0.25, -0.2) is 0 Å². The summed E-state index contributed by atoms with van der Waals surface area (Å²) < 4.78 is 0. The van der Waals surface area contributed by atoms with Gasteiger partial charge in [-0.05, 0) is 17.5 Å². The van der Waals surface area contributed by atoms with Gasteiger partial charge in [-0.1, -0.05) is 22.0 Å². The van der Waals surface area contributed by atoms with Crippen LogP contribution in [0, 0.1) is 5.92 Å². The van der Waals surface area contributed by atoms with Crippen LogP contribution in [-0.4, -0.2) is 27.7 Å². The minimum atomic E-state index is 0.253. The van der Waals surface area contributed by atoms with Crippen LogP contribution in [0.25, 0.3) is 0 Å². The van der Waals surface area contributed by atoms with Crippen LogP contribution in [0.15, 0.2) is 24.5 Å². The number of carbonyl (C=O) groups excluding carboxylic acids is 1. The van der Waals surface area contributed by atoms with Gasteiger partial charge in [-0.15, -0.1) is 0 Å². The fourth-order valence-electron chi connectivity index (χ4n) is 1.82. The Balaban J connectivity index is 1.99. The SMILES string of the molecule is O=C1CC(CBr)CN1Cc1cccnc1. The van der Waals surface area contributed by atoms with Crippen molar-refractivity contribution in [2.45, 2.75) is 13.0 Å². The Morgan fingerprint density at radius 3 is 3.07 bits per heavy atom. The van der Waals surface area contributed by atoms with Crippen LogP contribution in [0.4, 0.5) is 0 Å². The lowest BCUT2D eigenvalue weighted by atomic mass is 10.2. The van der Waals surface area contributed by atoms with Crippen LogP contribution in [0.1, 0.15) is 12.0 Å². The predicted molar refractivity (Wildman–Crippen MR) is 61.6 cm³/mol. The number of hydrogen-bond donors (Lipinski definition) is 0. The smallest absolute Gasteiger partial charge is 0.223 e. The topological polar surface area (TPSA) is 33.2 Å². The van der Waals surface area contributed by atoms with Gasteiger partial charge >= 0.3 is 0 Å². The molecule has 3 nitrogen and oxygen atoms in total. The summed E-state index contributed by atoms with van der Waals surface area (Å²) >= 11 is 3.43. The lowest BCUT2D eigenvalue weighted by molar-refractivity contribution is -0.128. The molecule has 1 aromatic rings. The molecule has 1 aliphatic heterocycles. The number of aromatic nitrogens is 1. The van der Waals surface area contributed by atoms with Crippen molar-refractivity contribution in [3.05, 3.63) is 30.1 Å².